The third kappa shape index (κ3) is 3.65. The summed E-state index contributed by atoms with van der Waals surface area (Å²) in [6.45, 7) is 3.69. The van der Waals surface area contributed by atoms with E-state index in [1.807, 2.05) is 6.92 Å². The van der Waals surface area contributed by atoms with Gasteiger partial charge in [-0.2, -0.15) is 5.10 Å². The zero-order chi connectivity index (χ0) is 16.2. The molecule has 8 heteroatoms. The molecule has 3 heterocycles. The molecule has 1 aliphatic heterocycles. The van der Waals surface area contributed by atoms with Crippen molar-refractivity contribution in [3.8, 4) is 5.88 Å². The molecule has 3 rings (SSSR count). The topological polar surface area (TPSA) is 82.4 Å². The van der Waals surface area contributed by atoms with E-state index in [0.717, 1.165) is 5.69 Å². The van der Waals surface area contributed by atoms with Crippen LogP contribution in [-0.2, 0) is 11.8 Å². The molecule has 1 saturated heterocycles. The molecule has 2 aromatic heterocycles. The maximum atomic E-state index is 12.7. The van der Waals surface area contributed by atoms with Gasteiger partial charge in [0.25, 0.3) is 5.91 Å². The molecule has 2 aromatic rings. The summed E-state index contributed by atoms with van der Waals surface area (Å²) in [6, 6.07) is 1.78. The Balaban J connectivity index is 1.72. The smallest absolute Gasteiger partial charge is 0.272 e. The number of rotatable bonds is 3. The number of carbonyl (C=O) groups is 1. The minimum Gasteiger partial charge on any atom is -0.469 e. The number of aromatic nitrogens is 4. The van der Waals surface area contributed by atoms with E-state index in [-0.39, 0.29) is 12.0 Å². The van der Waals surface area contributed by atoms with Crippen molar-refractivity contribution in [2.75, 3.05) is 26.3 Å². The van der Waals surface area contributed by atoms with Gasteiger partial charge in [0.2, 0.25) is 5.88 Å². The number of hydrogen-bond acceptors (Lipinski definition) is 6. The first-order chi connectivity index (χ1) is 11.1. The highest BCUT2D eigenvalue weighted by Crippen LogP contribution is 2.13. The van der Waals surface area contributed by atoms with Gasteiger partial charge in [-0.15, -0.1) is 0 Å². The van der Waals surface area contributed by atoms with Gasteiger partial charge in [-0.1, -0.05) is 0 Å². The van der Waals surface area contributed by atoms with Gasteiger partial charge >= 0.3 is 0 Å². The molecule has 1 fully saturated rings. The Hall–Kier alpha value is -2.48. The number of carbonyl (C=O) groups excluding carboxylic acids is 1. The zero-order valence-electron chi connectivity index (χ0n) is 13.2. The first kappa shape index (κ1) is 15.4. The van der Waals surface area contributed by atoms with Crippen molar-refractivity contribution in [2.24, 2.45) is 7.05 Å². The zero-order valence-corrected chi connectivity index (χ0v) is 13.2. The second kappa shape index (κ2) is 6.74. The Bertz CT molecular complexity index is 673. The lowest BCUT2D eigenvalue weighted by Crippen LogP contribution is -2.40. The summed E-state index contributed by atoms with van der Waals surface area (Å²) < 4.78 is 12.9. The second-order valence-corrected chi connectivity index (χ2v) is 5.40. The van der Waals surface area contributed by atoms with Crippen molar-refractivity contribution in [3.63, 3.8) is 0 Å². The number of hydrogen-bond donors (Lipinski definition) is 0. The lowest BCUT2D eigenvalue weighted by atomic mass is 10.3. The van der Waals surface area contributed by atoms with Crippen LogP contribution in [0.25, 0.3) is 0 Å². The summed E-state index contributed by atoms with van der Waals surface area (Å²) in [7, 11) is 1.77. The lowest BCUT2D eigenvalue weighted by Gasteiger charge is -2.23. The molecule has 1 atom stereocenters. The van der Waals surface area contributed by atoms with Crippen LogP contribution in [0.15, 0.2) is 24.7 Å². The molecule has 0 radical (unpaired) electrons. The number of ether oxygens (including phenoxy) is 2. The molecule has 1 aliphatic rings. The summed E-state index contributed by atoms with van der Waals surface area (Å²) in [5.74, 6) is 0.345. The summed E-state index contributed by atoms with van der Waals surface area (Å²) >= 11 is 0. The largest absolute Gasteiger partial charge is 0.469 e. The van der Waals surface area contributed by atoms with Crippen molar-refractivity contribution in [1.29, 1.82) is 0 Å². The normalized spacial score (nSPS) is 18.5. The Morgan fingerprint density at radius 3 is 3.00 bits per heavy atom. The lowest BCUT2D eigenvalue weighted by molar-refractivity contribution is 0.0626. The van der Waals surface area contributed by atoms with Gasteiger partial charge in [0.15, 0.2) is 0 Å². The number of aryl methyl sites for hydroxylation is 2. The first-order valence-corrected chi connectivity index (χ1v) is 7.44. The second-order valence-electron chi connectivity index (χ2n) is 5.40. The summed E-state index contributed by atoms with van der Waals surface area (Å²) in [5.41, 5.74) is 1.37. The monoisotopic (exact) mass is 317 g/mol. The SMILES string of the molecule is Cc1cc(C(=O)N2CCOCC(Oc3cnccn3)C2)n(C)n1. The molecule has 8 nitrogen and oxygen atoms in total. The minimum atomic E-state index is -0.285. The fourth-order valence-corrected chi connectivity index (χ4v) is 2.52. The fourth-order valence-electron chi connectivity index (χ4n) is 2.52. The Kier molecular flexibility index (Phi) is 4.52. The molecule has 0 aromatic carbocycles. The van der Waals surface area contributed by atoms with Gasteiger partial charge in [-0.05, 0) is 13.0 Å². The molecule has 0 saturated carbocycles. The number of nitrogens with zero attached hydrogens (tertiary/aromatic N) is 5. The molecule has 1 amide bonds. The van der Waals surface area contributed by atoms with Crippen LogP contribution in [0.1, 0.15) is 16.2 Å². The van der Waals surface area contributed by atoms with Crippen LogP contribution >= 0.6 is 0 Å². The summed E-state index contributed by atoms with van der Waals surface area (Å²) in [6.07, 6.45) is 4.40. The molecule has 1 unspecified atom stereocenters. The highest BCUT2D eigenvalue weighted by Gasteiger charge is 2.26. The van der Waals surface area contributed by atoms with Crippen molar-refractivity contribution < 1.29 is 14.3 Å². The summed E-state index contributed by atoms with van der Waals surface area (Å²) in [5, 5.41) is 4.23. The van der Waals surface area contributed by atoms with E-state index < -0.39 is 0 Å². The minimum absolute atomic E-state index is 0.0775. The summed E-state index contributed by atoms with van der Waals surface area (Å²) in [4.78, 5) is 22.5. The van der Waals surface area contributed by atoms with Gasteiger partial charge in [0.05, 0.1) is 31.6 Å². The van der Waals surface area contributed by atoms with Gasteiger partial charge in [0.1, 0.15) is 11.8 Å². The van der Waals surface area contributed by atoms with E-state index in [2.05, 4.69) is 15.1 Å². The standard InChI is InChI=1S/C15H19N5O3/c1-11-7-13(19(2)18-11)15(21)20-5-6-22-10-12(9-20)23-14-8-16-3-4-17-14/h3-4,7-8,12H,5-6,9-10H2,1-2H3. The average molecular weight is 317 g/mol. The van der Waals surface area contributed by atoms with E-state index in [4.69, 9.17) is 9.47 Å². The molecule has 0 bridgehead atoms. The van der Waals surface area contributed by atoms with Gasteiger partial charge < -0.3 is 14.4 Å². The molecule has 23 heavy (non-hydrogen) atoms. The third-order valence-electron chi connectivity index (χ3n) is 3.57. The average Bonchev–Trinajstić information content (AvgIpc) is 2.74. The van der Waals surface area contributed by atoms with E-state index >= 15 is 0 Å². The van der Waals surface area contributed by atoms with Crippen molar-refractivity contribution in [3.05, 3.63) is 36.0 Å². The van der Waals surface area contributed by atoms with Crippen molar-refractivity contribution in [1.82, 2.24) is 24.6 Å². The molecule has 0 aliphatic carbocycles. The van der Waals surface area contributed by atoms with Gasteiger partial charge in [-0.25, -0.2) is 4.98 Å². The van der Waals surface area contributed by atoms with Crippen LogP contribution in [0.5, 0.6) is 5.88 Å². The van der Waals surface area contributed by atoms with Gasteiger partial charge in [-0.3, -0.25) is 14.5 Å². The number of amides is 1. The predicted octanol–water partition coefficient (Wildman–Crippen LogP) is 0.439. The third-order valence-corrected chi connectivity index (χ3v) is 3.57. The predicted molar refractivity (Wildman–Crippen MR) is 81.1 cm³/mol. The van der Waals surface area contributed by atoms with Crippen LogP contribution < -0.4 is 4.74 Å². The van der Waals surface area contributed by atoms with Gasteiger partial charge in [0, 0.05) is 26.0 Å². The molecule has 0 spiro atoms. The maximum absolute atomic E-state index is 12.7. The van der Waals surface area contributed by atoms with Crippen molar-refractivity contribution >= 4 is 5.91 Å². The van der Waals surface area contributed by atoms with E-state index in [1.54, 1.807) is 41.3 Å². The quantitative estimate of drug-likeness (QED) is 0.817. The molecule has 0 N–H and O–H groups in total. The highest BCUT2D eigenvalue weighted by molar-refractivity contribution is 5.92. The van der Waals surface area contributed by atoms with E-state index in [1.165, 1.54) is 0 Å². The molecular formula is C15H19N5O3. The highest BCUT2D eigenvalue weighted by atomic mass is 16.5. The molecular weight excluding hydrogens is 298 g/mol. The Morgan fingerprint density at radius 1 is 1.43 bits per heavy atom. The van der Waals surface area contributed by atoms with Crippen LogP contribution in [0, 0.1) is 6.92 Å². The molecule has 122 valence electrons. The van der Waals surface area contributed by atoms with Crippen LogP contribution in [0.2, 0.25) is 0 Å². The van der Waals surface area contributed by atoms with Crippen LogP contribution in [-0.4, -0.2) is 63.0 Å². The maximum Gasteiger partial charge on any atom is 0.272 e. The fraction of sp³-hybridized carbons (Fsp3) is 0.467. The Morgan fingerprint density at radius 2 is 2.30 bits per heavy atom. The van der Waals surface area contributed by atoms with Crippen LogP contribution in [0.4, 0.5) is 0 Å². The van der Waals surface area contributed by atoms with E-state index in [0.29, 0.717) is 37.9 Å². The van der Waals surface area contributed by atoms with Crippen LogP contribution in [0.3, 0.4) is 0 Å². The first-order valence-electron chi connectivity index (χ1n) is 7.44. The van der Waals surface area contributed by atoms with E-state index in [9.17, 15) is 4.79 Å². The Labute approximate surface area is 134 Å². The van der Waals surface area contributed by atoms with Crippen molar-refractivity contribution in [2.45, 2.75) is 13.0 Å².